The van der Waals surface area contributed by atoms with Gasteiger partial charge in [-0.2, -0.15) is 0 Å². The Morgan fingerprint density at radius 1 is 1.17 bits per heavy atom. The van der Waals surface area contributed by atoms with Gasteiger partial charge in [-0.05, 0) is 36.9 Å². The first-order valence-corrected chi connectivity index (χ1v) is 9.40. The van der Waals surface area contributed by atoms with Gasteiger partial charge in [0.15, 0.2) is 5.65 Å². The van der Waals surface area contributed by atoms with Crippen molar-refractivity contribution >= 4 is 16.9 Å². The number of hydrogen-bond acceptors (Lipinski definition) is 5. The second-order valence-corrected chi connectivity index (χ2v) is 6.24. The number of aromatic amines is 1. The summed E-state index contributed by atoms with van der Waals surface area (Å²) in [5.41, 5.74) is 7.55. The summed E-state index contributed by atoms with van der Waals surface area (Å²) in [6.45, 7) is 0.0526. The van der Waals surface area contributed by atoms with Crippen LogP contribution in [0.4, 0.5) is 0 Å². The fourth-order valence-electron chi connectivity index (χ4n) is 3.17. The highest BCUT2D eigenvalue weighted by atomic mass is 16.3. The molecule has 8 nitrogen and oxygen atoms in total. The number of hydrogen-bond donors (Lipinski definition) is 4. The van der Waals surface area contributed by atoms with Crippen LogP contribution in [0.1, 0.15) is 10.4 Å². The lowest BCUT2D eigenvalue weighted by Gasteiger charge is -2.05. The highest BCUT2D eigenvalue weighted by molar-refractivity contribution is 5.98. The molecule has 0 aliphatic heterocycles. The number of carbonyl (C=O) groups excluding carboxylic acids is 1. The summed E-state index contributed by atoms with van der Waals surface area (Å²) in [5, 5.41) is 12.0. The van der Waals surface area contributed by atoms with Gasteiger partial charge in [0.05, 0.1) is 18.3 Å². The van der Waals surface area contributed by atoms with Crippen LogP contribution in [0.15, 0.2) is 71.9 Å². The maximum Gasteiger partial charge on any atom is 0.260 e. The van der Waals surface area contributed by atoms with Gasteiger partial charge >= 0.3 is 0 Å². The number of benzene rings is 2. The highest BCUT2D eigenvalue weighted by Gasteiger charge is 2.16. The fourth-order valence-corrected chi connectivity index (χ4v) is 3.17. The summed E-state index contributed by atoms with van der Waals surface area (Å²) in [4.78, 5) is 31.8. The van der Waals surface area contributed by atoms with Gasteiger partial charge in [0.2, 0.25) is 0 Å². The third kappa shape index (κ3) is 4.14. The molecule has 0 saturated heterocycles. The zero-order valence-corrected chi connectivity index (χ0v) is 16.5. The zero-order valence-electron chi connectivity index (χ0n) is 16.5. The second kappa shape index (κ2) is 9.64. The van der Waals surface area contributed by atoms with Gasteiger partial charge in [-0.15, -0.1) is 0 Å². The number of rotatable bonds is 5. The quantitative estimate of drug-likeness (QED) is 0.402. The molecule has 0 unspecified atom stereocenters. The molecule has 8 heteroatoms. The van der Waals surface area contributed by atoms with Crippen LogP contribution in [0.3, 0.4) is 0 Å². The average Bonchev–Trinajstić information content (AvgIpc) is 3.20. The number of nitrogens with zero attached hydrogens (tertiary/aromatic N) is 2. The summed E-state index contributed by atoms with van der Waals surface area (Å²) < 4.78 is 1.86. The van der Waals surface area contributed by atoms with E-state index in [2.05, 4.69) is 21.0 Å². The van der Waals surface area contributed by atoms with Gasteiger partial charge in [0.25, 0.3) is 11.5 Å². The standard InChI is InChI=1S/C21H18N4O3.CH5N/c26-10-9-22-20(27)15-6-4-5-14(11-15)17-12-25(16-7-2-1-3-8-16)19-18(17)21(28)24-13-23-19;1-2/h1-8,11-13,26H,9-10H2,(H,22,27)(H,23,24,28);2H2,1H3. The Balaban J connectivity index is 0.00000124. The Morgan fingerprint density at radius 2 is 1.93 bits per heavy atom. The van der Waals surface area contributed by atoms with Crippen molar-refractivity contribution < 1.29 is 9.90 Å². The van der Waals surface area contributed by atoms with Crippen LogP contribution in [-0.2, 0) is 0 Å². The molecule has 4 aromatic rings. The Hall–Kier alpha value is -3.75. The predicted molar refractivity (Wildman–Crippen MR) is 117 cm³/mol. The molecule has 2 aromatic heterocycles. The number of aliphatic hydroxyl groups is 1. The Kier molecular flexibility index (Phi) is 6.74. The van der Waals surface area contributed by atoms with Crippen molar-refractivity contribution in [3.63, 3.8) is 0 Å². The lowest BCUT2D eigenvalue weighted by atomic mass is 10.0. The largest absolute Gasteiger partial charge is 0.395 e. The Morgan fingerprint density at radius 3 is 2.67 bits per heavy atom. The molecular weight excluding hydrogens is 382 g/mol. The smallest absolute Gasteiger partial charge is 0.260 e. The molecule has 0 aliphatic rings. The molecule has 1 amide bonds. The summed E-state index contributed by atoms with van der Waals surface area (Å²) in [6, 6.07) is 16.7. The minimum Gasteiger partial charge on any atom is -0.395 e. The number of carbonyl (C=O) groups is 1. The topological polar surface area (TPSA) is 126 Å². The maximum absolute atomic E-state index is 12.6. The van der Waals surface area contributed by atoms with Crippen LogP contribution >= 0.6 is 0 Å². The zero-order chi connectivity index (χ0) is 21.5. The van der Waals surface area contributed by atoms with Crippen molar-refractivity contribution in [3.05, 3.63) is 83.0 Å². The number of H-pyrrole nitrogens is 1. The van der Waals surface area contributed by atoms with Crippen molar-refractivity contribution in [1.82, 2.24) is 19.9 Å². The van der Waals surface area contributed by atoms with Crippen LogP contribution in [0.5, 0.6) is 0 Å². The van der Waals surface area contributed by atoms with Crippen molar-refractivity contribution in [2.24, 2.45) is 5.73 Å². The molecule has 0 aliphatic carbocycles. The van der Waals surface area contributed by atoms with Crippen LogP contribution in [-0.4, -0.2) is 45.7 Å². The monoisotopic (exact) mass is 405 g/mol. The third-order valence-corrected chi connectivity index (χ3v) is 4.46. The third-order valence-electron chi connectivity index (χ3n) is 4.46. The first kappa shape index (κ1) is 21.0. The van der Waals surface area contributed by atoms with Gasteiger partial charge in [-0.3, -0.25) is 9.59 Å². The molecule has 4 rings (SSSR count). The van der Waals surface area contributed by atoms with E-state index in [0.29, 0.717) is 22.2 Å². The molecule has 5 N–H and O–H groups in total. The molecule has 0 fully saturated rings. The van der Waals surface area contributed by atoms with Crippen molar-refractivity contribution in [2.45, 2.75) is 0 Å². The van der Waals surface area contributed by atoms with E-state index in [9.17, 15) is 9.59 Å². The molecule has 0 saturated carbocycles. The predicted octanol–water partition coefficient (Wildman–Crippen LogP) is 1.68. The van der Waals surface area contributed by atoms with E-state index < -0.39 is 0 Å². The van der Waals surface area contributed by atoms with Crippen molar-refractivity contribution in [3.8, 4) is 16.8 Å². The van der Waals surface area contributed by atoms with Crippen molar-refractivity contribution in [1.29, 1.82) is 0 Å². The van der Waals surface area contributed by atoms with Crippen molar-refractivity contribution in [2.75, 3.05) is 20.2 Å². The molecule has 30 heavy (non-hydrogen) atoms. The first-order chi connectivity index (χ1) is 14.7. The number of fused-ring (bicyclic) bond motifs is 1. The lowest BCUT2D eigenvalue weighted by Crippen LogP contribution is -2.26. The SMILES string of the molecule is CN.O=C(NCCO)c1cccc(-c2cn(-c3ccccc3)c3nc[nH]c(=O)c23)c1. The molecule has 154 valence electrons. The van der Waals surface area contributed by atoms with E-state index in [1.54, 1.807) is 18.2 Å². The molecule has 2 aromatic carbocycles. The van der Waals surface area contributed by atoms with E-state index in [-0.39, 0.29) is 24.6 Å². The molecule has 0 spiro atoms. The number of aliphatic hydroxyl groups excluding tert-OH is 1. The minimum atomic E-state index is -0.283. The normalized spacial score (nSPS) is 10.4. The van der Waals surface area contributed by atoms with E-state index in [1.165, 1.54) is 13.4 Å². The van der Waals surface area contributed by atoms with Gasteiger partial charge < -0.3 is 25.7 Å². The first-order valence-electron chi connectivity index (χ1n) is 9.40. The van der Waals surface area contributed by atoms with Gasteiger partial charge in [0.1, 0.15) is 0 Å². The summed E-state index contributed by atoms with van der Waals surface area (Å²) in [6.07, 6.45) is 3.24. The number of nitrogens with one attached hydrogen (secondary N) is 2. The van der Waals surface area contributed by atoms with E-state index in [1.807, 2.05) is 47.2 Å². The summed E-state index contributed by atoms with van der Waals surface area (Å²) >= 11 is 0. The van der Waals surface area contributed by atoms with Crippen LogP contribution in [0.25, 0.3) is 27.8 Å². The molecule has 0 atom stereocenters. The average molecular weight is 405 g/mol. The number of para-hydroxylation sites is 1. The maximum atomic E-state index is 12.6. The number of aromatic nitrogens is 3. The van der Waals surface area contributed by atoms with Gasteiger partial charge in [-0.1, -0.05) is 30.3 Å². The Labute approximate surface area is 173 Å². The van der Waals surface area contributed by atoms with E-state index in [4.69, 9.17) is 5.11 Å². The second-order valence-electron chi connectivity index (χ2n) is 6.24. The molecule has 0 bridgehead atoms. The van der Waals surface area contributed by atoms with Crippen LogP contribution in [0, 0.1) is 0 Å². The fraction of sp³-hybridized carbons (Fsp3) is 0.136. The van der Waals surface area contributed by atoms with Crippen LogP contribution < -0.4 is 16.6 Å². The summed E-state index contributed by atoms with van der Waals surface area (Å²) in [5.74, 6) is -0.283. The summed E-state index contributed by atoms with van der Waals surface area (Å²) in [7, 11) is 1.50. The highest BCUT2D eigenvalue weighted by Crippen LogP contribution is 2.29. The van der Waals surface area contributed by atoms with Crippen LogP contribution in [0.2, 0.25) is 0 Å². The van der Waals surface area contributed by atoms with E-state index >= 15 is 0 Å². The van der Waals surface area contributed by atoms with E-state index in [0.717, 1.165) is 11.3 Å². The molecule has 2 heterocycles. The van der Waals surface area contributed by atoms with Gasteiger partial charge in [-0.25, -0.2) is 4.98 Å². The number of nitrogens with two attached hydrogens (primary N) is 1. The van der Waals surface area contributed by atoms with Gasteiger partial charge in [0, 0.05) is 29.6 Å². The Bertz CT molecular complexity index is 1200. The molecule has 0 radical (unpaired) electrons. The minimum absolute atomic E-state index is 0.128. The number of amides is 1. The lowest BCUT2D eigenvalue weighted by molar-refractivity contribution is 0.0945. The molecular formula is C22H23N5O3.